The van der Waals surface area contributed by atoms with Crippen LogP contribution < -0.4 is 21.3 Å². The number of rotatable bonds is 18. The lowest BCUT2D eigenvalue weighted by Crippen LogP contribution is -2.59. The first-order valence-electron chi connectivity index (χ1n) is 19.5. The molecule has 0 saturated heterocycles. The highest BCUT2D eigenvalue weighted by Crippen LogP contribution is 2.29. The summed E-state index contributed by atoms with van der Waals surface area (Å²) in [6.07, 6.45) is -0.974. The summed E-state index contributed by atoms with van der Waals surface area (Å²) in [4.78, 5) is 69.6. The summed E-state index contributed by atoms with van der Waals surface area (Å²) < 4.78 is 10.3. The van der Waals surface area contributed by atoms with Crippen LogP contribution in [0, 0.1) is 10.8 Å². The Bertz CT molecular complexity index is 1810. The molecule has 6 N–H and O–H groups in total. The molecule has 0 radical (unpaired) electrons. The number of hydrogen-bond acceptors (Lipinski definition) is 9. The van der Waals surface area contributed by atoms with Gasteiger partial charge < -0.3 is 41.0 Å². The molecule has 316 valence electrons. The Morgan fingerprint density at radius 1 is 0.707 bits per heavy atom. The van der Waals surface area contributed by atoms with E-state index >= 15 is 0 Å². The van der Waals surface area contributed by atoms with Crippen LogP contribution in [0.25, 0.3) is 11.3 Å². The summed E-state index contributed by atoms with van der Waals surface area (Å²) in [5.41, 5.74) is 0.671. The monoisotopic (exact) mass is 803 g/mol. The van der Waals surface area contributed by atoms with Gasteiger partial charge in [0.25, 0.3) is 0 Å². The van der Waals surface area contributed by atoms with E-state index in [9.17, 15) is 34.2 Å². The predicted molar refractivity (Wildman–Crippen MR) is 221 cm³/mol. The van der Waals surface area contributed by atoms with E-state index in [0.717, 1.165) is 22.4 Å². The maximum Gasteiger partial charge on any atom is 0.408 e. The van der Waals surface area contributed by atoms with E-state index in [1.807, 2.05) is 72.8 Å². The molecule has 1 aromatic heterocycles. The Hall–Kier alpha value is -5.50. The van der Waals surface area contributed by atoms with Crippen molar-refractivity contribution in [2.45, 2.75) is 123 Å². The van der Waals surface area contributed by atoms with Gasteiger partial charge in [0.1, 0.15) is 17.7 Å². The third-order valence-electron chi connectivity index (χ3n) is 9.62. The Morgan fingerprint density at radius 2 is 1.29 bits per heavy atom. The van der Waals surface area contributed by atoms with Crippen molar-refractivity contribution < 1.29 is 43.7 Å². The summed E-state index contributed by atoms with van der Waals surface area (Å²) in [6, 6.07) is 18.6. The molecule has 0 spiro atoms. The number of hydrogen-bond donors (Lipinski definition) is 6. The van der Waals surface area contributed by atoms with Crippen molar-refractivity contribution in [1.82, 2.24) is 26.3 Å². The van der Waals surface area contributed by atoms with Gasteiger partial charge in [0, 0.05) is 24.2 Å². The summed E-state index contributed by atoms with van der Waals surface area (Å²) in [6.45, 7) is 13.8. The molecule has 3 rings (SSSR count). The Morgan fingerprint density at radius 3 is 1.84 bits per heavy atom. The molecular formula is C44H61N5O9. The number of nitrogens with zero attached hydrogens (tertiary/aromatic N) is 1. The molecule has 58 heavy (non-hydrogen) atoms. The van der Waals surface area contributed by atoms with E-state index in [0.29, 0.717) is 0 Å². The van der Waals surface area contributed by atoms with Gasteiger partial charge in [-0.05, 0) is 80.5 Å². The first-order chi connectivity index (χ1) is 27.1. The molecular weight excluding hydrogens is 743 g/mol. The zero-order chi connectivity index (χ0) is 43.3. The summed E-state index contributed by atoms with van der Waals surface area (Å²) in [7, 11) is 1.21. The number of carboxylic acids is 1. The van der Waals surface area contributed by atoms with E-state index in [-0.39, 0.29) is 32.1 Å². The SMILES string of the molecule is COC(=O)N[C@H](C(=O)N[C@@H](Cc1ccc(-c2ccccn2)cc1)C[C@H](O)[C@H](Cc1ccccc1)NC(=O)[C@@H](NC(=O)OC(C)(C)C)C(C)(C)CCC(=O)O)C(C)(C)C. The Labute approximate surface area is 341 Å². The van der Waals surface area contributed by atoms with Crippen molar-refractivity contribution in [3.63, 3.8) is 0 Å². The van der Waals surface area contributed by atoms with Gasteiger partial charge in [0.05, 0.1) is 24.9 Å². The van der Waals surface area contributed by atoms with Crippen molar-refractivity contribution in [3.05, 3.63) is 90.1 Å². The van der Waals surface area contributed by atoms with Crippen LogP contribution in [0.1, 0.15) is 85.8 Å². The van der Waals surface area contributed by atoms with Gasteiger partial charge in [-0.1, -0.05) is 95.3 Å². The van der Waals surface area contributed by atoms with Crippen LogP contribution >= 0.6 is 0 Å². The third kappa shape index (κ3) is 15.4. The second-order valence-corrected chi connectivity index (χ2v) is 17.3. The van der Waals surface area contributed by atoms with E-state index in [4.69, 9.17) is 9.47 Å². The van der Waals surface area contributed by atoms with Gasteiger partial charge in [-0.15, -0.1) is 0 Å². The van der Waals surface area contributed by atoms with Gasteiger partial charge in [0.15, 0.2) is 0 Å². The summed E-state index contributed by atoms with van der Waals surface area (Å²) >= 11 is 0. The number of aliphatic carboxylic acids is 1. The second-order valence-electron chi connectivity index (χ2n) is 17.3. The minimum atomic E-state index is -1.26. The highest BCUT2D eigenvalue weighted by Gasteiger charge is 2.40. The number of ether oxygens (including phenoxy) is 2. The lowest BCUT2D eigenvalue weighted by atomic mass is 9.79. The topological polar surface area (TPSA) is 205 Å². The molecule has 3 aromatic rings. The lowest BCUT2D eigenvalue weighted by Gasteiger charge is -2.36. The largest absolute Gasteiger partial charge is 0.481 e. The molecule has 14 nitrogen and oxygen atoms in total. The van der Waals surface area contributed by atoms with Gasteiger partial charge >= 0.3 is 18.2 Å². The highest BCUT2D eigenvalue weighted by atomic mass is 16.6. The van der Waals surface area contributed by atoms with Crippen LogP contribution in [0.15, 0.2) is 79.0 Å². The van der Waals surface area contributed by atoms with Gasteiger partial charge in [-0.3, -0.25) is 19.4 Å². The predicted octanol–water partition coefficient (Wildman–Crippen LogP) is 5.81. The summed E-state index contributed by atoms with van der Waals surface area (Å²) in [5, 5.41) is 32.8. The zero-order valence-electron chi connectivity index (χ0n) is 35.1. The van der Waals surface area contributed by atoms with E-state index < -0.39 is 76.7 Å². The number of amides is 4. The van der Waals surface area contributed by atoms with E-state index in [1.165, 1.54) is 7.11 Å². The number of benzene rings is 2. The van der Waals surface area contributed by atoms with Crippen molar-refractivity contribution in [1.29, 1.82) is 0 Å². The highest BCUT2D eigenvalue weighted by molar-refractivity contribution is 5.87. The number of carbonyl (C=O) groups excluding carboxylic acids is 4. The molecule has 0 saturated carbocycles. The Balaban J connectivity index is 2.01. The number of nitrogens with one attached hydrogen (secondary N) is 4. The smallest absolute Gasteiger partial charge is 0.408 e. The average molecular weight is 804 g/mol. The first kappa shape index (κ1) is 46.9. The molecule has 5 atom stereocenters. The van der Waals surface area contributed by atoms with E-state index in [1.54, 1.807) is 61.6 Å². The van der Waals surface area contributed by atoms with Gasteiger partial charge in [-0.2, -0.15) is 0 Å². The molecule has 0 aliphatic heterocycles. The van der Waals surface area contributed by atoms with Crippen molar-refractivity contribution >= 4 is 30.0 Å². The minimum Gasteiger partial charge on any atom is -0.481 e. The van der Waals surface area contributed by atoms with Gasteiger partial charge in [0.2, 0.25) is 11.8 Å². The van der Waals surface area contributed by atoms with Crippen molar-refractivity contribution in [2.24, 2.45) is 10.8 Å². The average Bonchev–Trinajstić information content (AvgIpc) is 3.14. The second kappa shape index (κ2) is 20.8. The van der Waals surface area contributed by atoms with Crippen LogP contribution in [-0.4, -0.2) is 88.1 Å². The maximum absolute atomic E-state index is 14.3. The van der Waals surface area contributed by atoms with Crippen molar-refractivity contribution in [3.8, 4) is 11.3 Å². The fraction of sp³-hybridized carbons (Fsp3) is 0.500. The summed E-state index contributed by atoms with van der Waals surface area (Å²) in [5.74, 6) is -2.20. The number of methoxy groups -OCH3 is 1. The standard InChI is InChI=1S/C44H61N5O9/c1-42(2,3)36(48-40(55)57-9)38(53)46-31(25-29-18-20-30(21-19-29)32-17-13-14-24-45-32)27-34(50)33(26-28-15-11-10-12-16-28)47-39(54)37(44(7,8)23-22-35(51)52)49-41(56)58-43(4,5)6/h10-21,24,31,33-34,36-37,50H,22-23,25-27H2,1-9H3,(H,46,53)(H,47,54)(H,48,55)(H,49,56)(H,51,52)/t31-,33-,34-,36+,37+/m0/s1. The molecule has 0 aliphatic rings. The fourth-order valence-electron chi connectivity index (χ4n) is 6.45. The van der Waals surface area contributed by atoms with Crippen LogP contribution in [0.4, 0.5) is 9.59 Å². The number of aliphatic hydroxyl groups is 1. The molecule has 2 aromatic carbocycles. The Kier molecular flexibility index (Phi) is 16.8. The number of carboxylic acid groups (broad SMARTS) is 1. The van der Waals surface area contributed by atoms with Crippen LogP contribution in [-0.2, 0) is 36.7 Å². The maximum atomic E-state index is 14.3. The molecule has 0 fully saturated rings. The minimum absolute atomic E-state index is 0.0346. The molecule has 0 bridgehead atoms. The van der Waals surface area contributed by atoms with Crippen LogP contribution in [0.2, 0.25) is 0 Å². The molecule has 0 unspecified atom stereocenters. The third-order valence-corrected chi connectivity index (χ3v) is 9.62. The molecule has 4 amide bonds. The number of aliphatic hydroxyl groups excluding tert-OH is 1. The number of alkyl carbamates (subject to hydrolysis) is 2. The van der Waals surface area contributed by atoms with E-state index in [2.05, 4.69) is 26.3 Å². The molecule has 14 heteroatoms. The normalized spacial score (nSPS) is 14.4. The number of pyridine rings is 1. The number of aromatic nitrogens is 1. The van der Waals surface area contributed by atoms with Crippen LogP contribution in [0.5, 0.6) is 0 Å². The fourth-order valence-corrected chi connectivity index (χ4v) is 6.45. The van der Waals surface area contributed by atoms with Crippen LogP contribution in [0.3, 0.4) is 0 Å². The molecule has 1 heterocycles. The first-order valence-corrected chi connectivity index (χ1v) is 19.5. The zero-order valence-corrected chi connectivity index (χ0v) is 35.1. The lowest BCUT2D eigenvalue weighted by molar-refractivity contribution is -0.138. The van der Waals surface area contributed by atoms with Crippen molar-refractivity contribution in [2.75, 3.05) is 7.11 Å². The number of carbonyl (C=O) groups is 5. The van der Waals surface area contributed by atoms with Gasteiger partial charge in [-0.25, -0.2) is 9.59 Å². The quantitative estimate of drug-likeness (QED) is 0.0911. The molecule has 0 aliphatic carbocycles.